The van der Waals surface area contributed by atoms with Gasteiger partial charge in [-0.15, -0.1) is 0 Å². The van der Waals surface area contributed by atoms with E-state index in [1.165, 1.54) is 26.0 Å². The quantitative estimate of drug-likeness (QED) is 0.509. The maximum atomic E-state index is 10.7. The van der Waals surface area contributed by atoms with Crippen molar-refractivity contribution in [3.63, 3.8) is 0 Å². The zero-order chi connectivity index (χ0) is 13.0. The molecule has 0 fully saturated rings. The van der Waals surface area contributed by atoms with Crippen molar-refractivity contribution >= 4 is 20.2 Å². The summed E-state index contributed by atoms with van der Waals surface area (Å²) < 4.78 is 52.1. The second-order valence-corrected chi connectivity index (χ2v) is 6.60. The highest BCUT2D eigenvalue weighted by atomic mass is 32.2. The van der Waals surface area contributed by atoms with Crippen LogP contribution in [0.25, 0.3) is 0 Å². The minimum absolute atomic E-state index is 0.666. The van der Waals surface area contributed by atoms with Crippen molar-refractivity contribution in [2.75, 3.05) is 12.5 Å². The fourth-order valence-corrected chi connectivity index (χ4v) is 2.16. The molecule has 0 heterocycles. The smallest absolute Gasteiger partial charge is 0.263 e. The third-order valence-corrected chi connectivity index (χ3v) is 2.61. The van der Waals surface area contributed by atoms with Crippen molar-refractivity contribution < 1.29 is 25.2 Å². The zero-order valence-corrected chi connectivity index (χ0v) is 11.2. The fourth-order valence-electron chi connectivity index (χ4n) is 0.929. The van der Waals surface area contributed by atoms with Crippen molar-refractivity contribution in [3.05, 3.63) is 12.2 Å². The molecular weight excluding hydrogens is 256 g/mol. The van der Waals surface area contributed by atoms with E-state index >= 15 is 0 Å². The first-order valence-electron chi connectivity index (χ1n) is 4.44. The molecule has 0 radical (unpaired) electrons. The van der Waals surface area contributed by atoms with Crippen LogP contribution in [0.3, 0.4) is 0 Å². The second-order valence-electron chi connectivity index (χ2n) is 3.40. The van der Waals surface area contributed by atoms with Gasteiger partial charge in [0.1, 0.15) is 0 Å². The Labute approximate surface area is 96.5 Å². The average molecular weight is 272 g/mol. The number of hydrogen-bond acceptors (Lipinski definition) is 6. The predicted molar refractivity (Wildman–Crippen MR) is 59.9 cm³/mol. The maximum Gasteiger partial charge on any atom is 0.264 e. The minimum Gasteiger partial charge on any atom is -0.263 e. The molecule has 0 aliphatic heterocycles. The molecule has 0 aliphatic rings. The molecule has 2 unspecified atom stereocenters. The summed E-state index contributed by atoms with van der Waals surface area (Å²) in [6, 6.07) is 0. The second kappa shape index (κ2) is 5.76. The summed E-state index contributed by atoms with van der Waals surface area (Å²) in [7, 11) is -7.03. The molecule has 0 rings (SSSR count). The highest BCUT2D eigenvalue weighted by molar-refractivity contribution is 7.86. The highest BCUT2D eigenvalue weighted by Gasteiger charge is 2.09. The van der Waals surface area contributed by atoms with Crippen LogP contribution in [0, 0.1) is 0 Å². The molecule has 0 aromatic rings. The van der Waals surface area contributed by atoms with Crippen molar-refractivity contribution in [2.45, 2.75) is 26.1 Å². The Morgan fingerprint density at radius 1 is 0.812 bits per heavy atom. The van der Waals surface area contributed by atoms with Crippen molar-refractivity contribution in [3.8, 4) is 0 Å². The Morgan fingerprint density at radius 3 is 1.25 bits per heavy atom. The van der Waals surface area contributed by atoms with Crippen LogP contribution < -0.4 is 0 Å². The molecule has 0 saturated carbocycles. The van der Waals surface area contributed by atoms with E-state index in [4.69, 9.17) is 0 Å². The first-order chi connectivity index (χ1) is 6.99. The van der Waals surface area contributed by atoms with Crippen molar-refractivity contribution in [1.82, 2.24) is 0 Å². The zero-order valence-electron chi connectivity index (χ0n) is 9.58. The Balaban J connectivity index is 4.29. The van der Waals surface area contributed by atoms with E-state index in [0.717, 1.165) is 12.5 Å². The van der Waals surface area contributed by atoms with E-state index in [9.17, 15) is 16.8 Å². The third-order valence-electron chi connectivity index (χ3n) is 1.31. The molecule has 0 aromatic heterocycles. The lowest BCUT2D eigenvalue weighted by Crippen LogP contribution is -2.14. The summed E-state index contributed by atoms with van der Waals surface area (Å²) in [5.74, 6) is 0. The molecule has 8 heteroatoms. The van der Waals surface area contributed by atoms with Crippen LogP contribution in [0.15, 0.2) is 12.2 Å². The van der Waals surface area contributed by atoms with E-state index in [1.54, 1.807) is 0 Å². The minimum atomic E-state index is -3.52. The Bertz CT molecular complexity index is 391. The van der Waals surface area contributed by atoms with E-state index in [1.807, 2.05) is 0 Å². The lowest BCUT2D eigenvalue weighted by atomic mass is 10.3. The first kappa shape index (κ1) is 15.6. The number of rotatable bonds is 6. The first-order valence-corrected chi connectivity index (χ1v) is 8.08. The van der Waals surface area contributed by atoms with Gasteiger partial charge in [-0.05, 0) is 13.8 Å². The van der Waals surface area contributed by atoms with E-state index in [0.29, 0.717) is 0 Å². The summed E-state index contributed by atoms with van der Waals surface area (Å²) in [6.07, 6.45) is 3.37. The molecule has 0 saturated heterocycles. The van der Waals surface area contributed by atoms with Gasteiger partial charge in [0.05, 0.1) is 24.7 Å². The molecule has 6 nitrogen and oxygen atoms in total. The molecule has 0 N–H and O–H groups in total. The molecule has 2 atom stereocenters. The average Bonchev–Trinajstić information content (AvgIpc) is 1.94. The van der Waals surface area contributed by atoms with Crippen LogP contribution in [0.4, 0.5) is 0 Å². The Morgan fingerprint density at radius 2 is 1.06 bits per heavy atom. The summed E-state index contributed by atoms with van der Waals surface area (Å²) in [5, 5.41) is 0. The molecule has 0 aromatic carbocycles. The van der Waals surface area contributed by atoms with Crippen molar-refractivity contribution in [2.24, 2.45) is 0 Å². The van der Waals surface area contributed by atoms with Gasteiger partial charge in [-0.1, -0.05) is 12.2 Å². The molecule has 16 heavy (non-hydrogen) atoms. The van der Waals surface area contributed by atoms with E-state index < -0.39 is 32.4 Å². The van der Waals surface area contributed by atoms with Crippen LogP contribution in [0.5, 0.6) is 0 Å². The van der Waals surface area contributed by atoms with Crippen LogP contribution in [0.1, 0.15) is 13.8 Å². The lowest BCUT2D eigenvalue weighted by Gasteiger charge is -2.08. The fraction of sp³-hybridized carbons (Fsp3) is 0.750. The summed E-state index contributed by atoms with van der Waals surface area (Å²) in [4.78, 5) is 0. The molecule has 0 amide bonds. The predicted octanol–water partition coefficient (Wildman–Crippen LogP) is 0.272. The van der Waals surface area contributed by atoms with Crippen LogP contribution in [-0.2, 0) is 28.6 Å². The normalized spacial score (nSPS) is 17.5. The summed E-state index contributed by atoms with van der Waals surface area (Å²) in [5.41, 5.74) is 0. The van der Waals surface area contributed by atoms with Gasteiger partial charge in [-0.25, -0.2) is 0 Å². The SMILES string of the molecule is CC(C=CC(C)OS(C)(=O)=O)OS(C)(=O)=O. The third kappa shape index (κ3) is 10.1. The van der Waals surface area contributed by atoms with E-state index in [-0.39, 0.29) is 0 Å². The standard InChI is InChI=1S/C8H16O6S2/c1-7(13-15(3,9)10)5-6-8(2)14-16(4,11)12/h5-8H,1-4H3. The van der Waals surface area contributed by atoms with Gasteiger partial charge < -0.3 is 0 Å². The Hall–Kier alpha value is -0.440. The highest BCUT2D eigenvalue weighted by Crippen LogP contribution is 2.03. The Kier molecular flexibility index (Phi) is 5.60. The van der Waals surface area contributed by atoms with E-state index in [2.05, 4.69) is 8.37 Å². The maximum absolute atomic E-state index is 10.7. The van der Waals surface area contributed by atoms with Gasteiger partial charge in [0.15, 0.2) is 0 Å². The van der Waals surface area contributed by atoms with Crippen LogP contribution >= 0.6 is 0 Å². The monoisotopic (exact) mass is 272 g/mol. The van der Waals surface area contributed by atoms with Gasteiger partial charge in [0, 0.05) is 0 Å². The summed E-state index contributed by atoms with van der Waals surface area (Å²) in [6.45, 7) is 3.04. The lowest BCUT2D eigenvalue weighted by molar-refractivity contribution is 0.262. The number of hydrogen-bond donors (Lipinski definition) is 0. The molecule has 0 aliphatic carbocycles. The van der Waals surface area contributed by atoms with Gasteiger partial charge in [-0.2, -0.15) is 16.8 Å². The molecule has 0 bridgehead atoms. The molecular formula is C8H16O6S2. The topological polar surface area (TPSA) is 86.7 Å². The molecule has 96 valence electrons. The van der Waals surface area contributed by atoms with Gasteiger partial charge in [0.25, 0.3) is 20.2 Å². The van der Waals surface area contributed by atoms with Gasteiger partial charge in [-0.3, -0.25) is 8.37 Å². The van der Waals surface area contributed by atoms with Gasteiger partial charge >= 0.3 is 0 Å². The molecule has 0 spiro atoms. The van der Waals surface area contributed by atoms with Crippen LogP contribution in [0.2, 0.25) is 0 Å². The largest absolute Gasteiger partial charge is 0.264 e. The van der Waals surface area contributed by atoms with Crippen LogP contribution in [-0.4, -0.2) is 41.6 Å². The van der Waals surface area contributed by atoms with Crippen molar-refractivity contribution in [1.29, 1.82) is 0 Å². The summed E-state index contributed by atoms with van der Waals surface area (Å²) >= 11 is 0. The van der Waals surface area contributed by atoms with Gasteiger partial charge in [0.2, 0.25) is 0 Å².